The van der Waals surface area contributed by atoms with Gasteiger partial charge in [-0.3, -0.25) is 4.90 Å². The molecule has 3 heteroatoms. The van der Waals surface area contributed by atoms with E-state index in [1.807, 2.05) is 13.8 Å². The Balaban J connectivity index is 2.05. The molecule has 3 nitrogen and oxygen atoms in total. The van der Waals surface area contributed by atoms with E-state index in [1.54, 1.807) is 0 Å². The summed E-state index contributed by atoms with van der Waals surface area (Å²) in [5, 5.41) is 3.98. The highest BCUT2D eigenvalue weighted by Gasteiger charge is 2.17. The third-order valence-corrected chi connectivity index (χ3v) is 3.01. The molecule has 0 atom stereocenters. The molecule has 1 aromatic heterocycles. The first-order valence-electron chi connectivity index (χ1n) is 5.47. The first kappa shape index (κ1) is 10.4. The summed E-state index contributed by atoms with van der Waals surface area (Å²) in [6.07, 6.45) is 2.40. The summed E-state index contributed by atoms with van der Waals surface area (Å²) in [4.78, 5) is 2.42. The predicted molar refractivity (Wildman–Crippen MR) is 59.6 cm³/mol. The monoisotopic (exact) mass is 206 g/mol. The standard InChI is InChI=1S/C12H18N2O/c1-9-5-4-6-14(7-9)8-12-10(2)13-15-11(12)3/h1,4-8H2,2-3H3. The number of hydrogen-bond donors (Lipinski definition) is 0. The van der Waals surface area contributed by atoms with Crippen molar-refractivity contribution in [1.29, 1.82) is 0 Å². The van der Waals surface area contributed by atoms with Gasteiger partial charge in [0, 0.05) is 18.7 Å². The van der Waals surface area contributed by atoms with Gasteiger partial charge in [0.25, 0.3) is 0 Å². The number of hydrogen-bond acceptors (Lipinski definition) is 3. The lowest BCUT2D eigenvalue weighted by Crippen LogP contribution is -2.30. The molecule has 0 unspecified atom stereocenters. The van der Waals surface area contributed by atoms with E-state index in [-0.39, 0.29) is 0 Å². The molecule has 82 valence electrons. The predicted octanol–water partition coefficient (Wildman–Crippen LogP) is 2.44. The van der Waals surface area contributed by atoms with Crippen LogP contribution < -0.4 is 0 Å². The van der Waals surface area contributed by atoms with E-state index in [0.717, 1.165) is 31.1 Å². The molecule has 1 aromatic rings. The zero-order chi connectivity index (χ0) is 10.8. The van der Waals surface area contributed by atoms with Gasteiger partial charge in [0.1, 0.15) is 5.76 Å². The molecule has 1 fully saturated rings. The van der Waals surface area contributed by atoms with Crippen LogP contribution in [-0.2, 0) is 6.54 Å². The van der Waals surface area contributed by atoms with Crippen LogP contribution in [0.1, 0.15) is 29.9 Å². The average molecular weight is 206 g/mol. The summed E-state index contributed by atoms with van der Waals surface area (Å²) in [7, 11) is 0. The molecule has 0 N–H and O–H groups in total. The van der Waals surface area contributed by atoms with Gasteiger partial charge in [-0.2, -0.15) is 0 Å². The van der Waals surface area contributed by atoms with Crippen molar-refractivity contribution < 1.29 is 4.52 Å². The van der Waals surface area contributed by atoms with Gasteiger partial charge in [-0.25, -0.2) is 0 Å². The number of piperidine rings is 1. The maximum absolute atomic E-state index is 5.16. The Morgan fingerprint density at radius 3 is 2.87 bits per heavy atom. The normalized spacial score (nSPS) is 18.4. The van der Waals surface area contributed by atoms with Gasteiger partial charge in [0.05, 0.1) is 5.69 Å². The largest absolute Gasteiger partial charge is 0.361 e. The van der Waals surface area contributed by atoms with Crippen LogP contribution >= 0.6 is 0 Å². The van der Waals surface area contributed by atoms with Crippen LogP contribution in [0.5, 0.6) is 0 Å². The first-order valence-corrected chi connectivity index (χ1v) is 5.47. The third kappa shape index (κ3) is 2.29. The van der Waals surface area contributed by atoms with Gasteiger partial charge in [-0.15, -0.1) is 0 Å². The van der Waals surface area contributed by atoms with Crippen molar-refractivity contribution in [2.75, 3.05) is 13.1 Å². The Hall–Kier alpha value is -1.09. The van der Waals surface area contributed by atoms with Gasteiger partial charge in [0.15, 0.2) is 0 Å². The summed E-state index contributed by atoms with van der Waals surface area (Å²) < 4.78 is 5.16. The second-order valence-electron chi connectivity index (χ2n) is 4.37. The fourth-order valence-electron chi connectivity index (χ4n) is 2.11. The van der Waals surface area contributed by atoms with Crippen molar-refractivity contribution >= 4 is 0 Å². The second kappa shape index (κ2) is 4.19. The van der Waals surface area contributed by atoms with Crippen LogP contribution in [0.15, 0.2) is 16.7 Å². The van der Waals surface area contributed by atoms with Gasteiger partial charge in [-0.1, -0.05) is 17.3 Å². The van der Waals surface area contributed by atoms with Gasteiger partial charge in [-0.05, 0) is 33.2 Å². The topological polar surface area (TPSA) is 29.3 Å². The Morgan fingerprint density at radius 2 is 2.27 bits per heavy atom. The van der Waals surface area contributed by atoms with E-state index in [4.69, 9.17) is 4.52 Å². The molecular weight excluding hydrogens is 188 g/mol. The Bertz CT molecular complexity index is 348. The summed E-state index contributed by atoms with van der Waals surface area (Å²) in [5.74, 6) is 0.948. The van der Waals surface area contributed by atoms with E-state index in [2.05, 4.69) is 16.6 Å². The van der Waals surface area contributed by atoms with Crippen LogP contribution in [0.4, 0.5) is 0 Å². The zero-order valence-corrected chi connectivity index (χ0v) is 9.55. The summed E-state index contributed by atoms with van der Waals surface area (Å²) in [6, 6.07) is 0. The highest BCUT2D eigenvalue weighted by Crippen LogP contribution is 2.19. The molecule has 1 saturated heterocycles. The maximum atomic E-state index is 5.16. The molecule has 0 aliphatic carbocycles. The maximum Gasteiger partial charge on any atom is 0.138 e. The van der Waals surface area contributed by atoms with Gasteiger partial charge in [0.2, 0.25) is 0 Å². The Labute approximate surface area is 90.7 Å². The second-order valence-corrected chi connectivity index (χ2v) is 4.37. The molecule has 0 amide bonds. The number of likely N-dealkylation sites (tertiary alicyclic amines) is 1. The fraction of sp³-hybridized carbons (Fsp3) is 0.583. The lowest BCUT2D eigenvalue weighted by atomic mass is 10.1. The third-order valence-electron chi connectivity index (χ3n) is 3.01. The first-order chi connectivity index (χ1) is 7.16. The highest BCUT2D eigenvalue weighted by atomic mass is 16.5. The quantitative estimate of drug-likeness (QED) is 0.696. The average Bonchev–Trinajstić information content (AvgIpc) is 2.50. The summed E-state index contributed by atoms with van der Waals surface area (Å²) in [5.41, 5.74) is 3.60. The van der Waals surface area contributed by atoms with Crippen LogP contribution in [0.3, 0.4) is 0 Å². The SMILES string of the molecule is C=C1CCCN(Cc2c(C)noc2C)C1. The molecule has 2 heterocycles. The van der Waals surface area contributed by atoms with Gasteiger partial charge >= 0.3 is 0 Å². The fourth-order valence-corrected chi connectivity index (χ4v) is 2.11. The molecule has 0 aromatic carbocycles. The molecule has 15 heavy (non-hydrogen) atoms. The molecule has 0 bridgehead atoms. The molecule has 1 aliphatic heterocycles. The minimum Gasteiger partial charge on any atom is -0.361 e. The smallest absolute Gasteiger partial charge is 0.138 e. The molecule has 0 spiro atoms. The summed E-state index contributed by atoms with van der Waals surface area (Å²) >= 11 is 0. The number of rotatable bonds is 2. The van der Waals surface area contributed by atoms with Crippen molar-refractivity contribution in [3.8, 4) is 0 Å². The van der Waals surface area contributed by atoms with Gasteiger partial charge < -0.3 is 4.52 Å². The van der Waals surface area contributed by atoms with Crippen LogP contribution in [0, 0.1) is 13.8 Å². The van der Waals surface area contributed by atoms with Crippen molar-refractivity contribution in [2.45, 2.75) is 33.2 Å². The number of aromatic nitrogens is 1. The van der Waals surface area contributed by atoms with Crippen molar-refractivity contribution in [1.82, 2.24) is 10.1 Å². The lowest BCUT2D eigenvalue weighted by molar-refractivity contribution is 0.256. The van der Waals surface area contributed by atoms with Crippen molar-refractivity contribution in [3.05, 3.63) is 29.2 Å². The minimum atomic E-state index is 0.945. The number of nitrogens with zero attached hydrogens (tertiary/aromatic N) is 2. The lowest BCUT2D eigenvalue weighted by Gasteiger charge is -2.27. The van der Waals surface area contributed by atoms with E-state index in [9.17, 15) is 0 Å². The van der Waals surface area contributed by atoms with Crippen LogP contribution in [0.2, 0.25) is 0 Å². The molecule has 2 rings (SSSR count). The molecule has 1 aliphatic rings. The minimum absolute atomic E-state index is 0.945. The highest BCUT2D eigenvalue weighted by molar-refractivity contribution is 5.21. The van der Waals surface area contributed by atoms with E-state index in [1.165, 1.54) is 24.0 Å². The molecule has 0 saturated carbocycles. The summed E-state index contributed by atoms with van der Waals surface area (Å²) in [6.45, 7) is 11.2. The van der Waals surface area contributed by atoms with E-state index >= 15 is 0 Å². The molecule has 0 radical (unpaired) electrons. The van der Waals surface area contributed by atoms with Crippen molar-refractivity contribution in [2.24, 2.45) is 0 Å². The van der Waals surface area contributed by atoms with E-state index < -0.39 is 0 Å². The van der Waals surface area contributed by atoms with Crippen LogP contribution in [-0.4, -0.2) is 23.1 Å². The van der Waals surface area contributed by atoms with Crippen molar-refractivity contribution in [3.63, 3.8) is 0 Å². The van der Waals surface area contributed by atoms with Crippen LogP contribution in [0.25, 0.3) is 0 Å². The zero-order valence-electron chi connectivity index (χ0n) is 9.55. The number of aryl methyl sites for hydroxylation is 2. The van der Waals surface area contributed by atoms with E-state index in [0.29, 0.717) is 0 Å². The Kier molecular flexibility index (Phi) is 2.91. The Morgan fingerprint density at radius 1 is 1.47 bits per heavy atom. The molecular formula is C12H18N2O.